The van der Waals surface area contributed by atoms with Crippen molar-refractivity contribution in [2.24, 2.45) is 0 Å². The van der Waals surface area contributed by atoms with Crippen molar-refractivity contribution in [2.75, 3.05) is 0 Å². The predicted octanol–water partition coefficient (Wildman–Crippen LogP) is 4.43. The van der Waals surface area contributed by atoms with Crippen molar-refractivity contribution in [1.29, 1.82) is 0 Å². The van der Waals surface area contributed by atoms with Crippen LogP contribution in [0.1, 0.15) is 36.5 Å². The maximum absolute atomic E-state index is 2.61. The minimum atomic E-state index is -2.16. The second-order valence-electron chi connectivity index (χ2n) is 6.30. The first-order chi connectivity index (χ1) is 10.4. The van der Waals surface area contributed by atoms with Gasteiger partial charge < -0.3 is 0 Å². The first-order valence-electron chi connectivity index (χ1n) is 7.94. The molecule has 0 heterocycles. The fourth-order valence-corrected chi connectivity index (χ4v) is 19.4. The van der Waals surface area contributed by atoms with E-state index in [1.807, 2.05) is 0 Å². The Kier molecular flexibility index (Phi) is 3.46. The summed E-state index contributed by atoms with van der Waals surface area (Å²) < 4.78 is 4.06. The summed E-state index contributed by atoms with van der Waals surface area (Å²) in [6.07, 6.45) is 9.64. The zero-order chi connectivity index (χ0) is 14.2. The standard InChI is InChI=1S/2C9H7.C2H4.Hf.2H/c2*1-2-5-9-7-3-6-8(9)4-1;1-2;;;/h2*1-7H;1H,2H3;;;. The van der Waals surface area contributed by atoms with Crippen molar-refractivity contribution in [3.8, 4) is 0 Å². The van der Waals surface area contributed by atoms with Crippen molar-refractivity contribution >= 4 is 15.9 Å². The predicted molar refractivity (Wildman–Crippen MR) is 91.0 cm³/mol. The molecule has 1 heteroatoms. The molecule has 0 fully saturated rings. The third-order valence-electron chi connectivity index (χ3n) is 5.29. The Morgan fingerprint density at radius 1 is 0.762 bits per heavy atom. The Labute approximate surface area is 133 Å². The maximum atomic E-state index is 2.61. The summed E-state index contributed by atoms with van der Waals surface area (Å²) in [4.78, 5) is 0. The number of hydrogen-bond acceptors (Lipinski definition) is 0. The molecule has 21 heavy (non-hydrogen) atoms. The molecular formula is C20H20Hf. The molecule has 0 radical (unpaired) electrons. The second kappa shape index (κ2) is 5.46. The topological polar surface area (TPSA) is 0 Å². The van der Waals surface area contributed by atoms with Gasteiger partial charge >= 0.3 is 134 Å². The van der Waals surface area contributed by atoms with Crippen LogP contribution in [0.15, 0.2) is 60.7 Å². The average Bonchev–Trinajstić information content (AvgIpc) is 3.14. The number of hydrogen-bond donors (Lipinski definition) is 0. The third kappa shape index (κ3) is 2.19. The van der Waals surface area contributed by atoms with Gasteiger partial charge in [0.15, 0.2) is 0 Å². The summed E-state index contributed by atoms with van der Waals surface area (Å²) in [6, 6.07) is 17.9. The van der Waals surface area contributed by atoms with E-state index < -0.39 is 21.0 Å². The van der Waals surface area contributed by atoms with E-state index >= 15 is 0 Å². The van der Waals surface area contributed by atoms with Gasteiger partial charge in [0.05, 0.1) is 0 Å². The summed E-state index contributed by atoms with van der Waals surface area (Å²) in [5.41, 5.74) is 6.02. The molecule has 2 aliphatic rings. The molecule has 0 nitrogen and oxygen atoms in total. The number of allylic oxidation sites excluding steroid dienone is 2. The SMILES string of the molecule is C[CH]=[HfH2]([CH]1C=Cc2ccccc21)[CH]1C=Cc2ccccc21. The van der Waals surface area contributed by atoms with Gasteiger partial charge in [0.1, 0.15) is 0 Å². The third-order valence-corrected chi connectivity index (χ3v) is 21.1. The van der Waals surface area contributed by atoms with Gasteiger partial charge in [-0.15, -0.1) is 0 Å². The monoisotopic (exact) mass is 440 g/mol. The van der Waals surface area contributed by atoms with Crippen LogP contribution in [-0.2, 0) is 21.0 Å². The zero-order valence-corrected chi connectivity index (χ0v) is 17.4. The molecule has 2 atom stereocenters. The molecule has 2 unspecified atom stereocenters. The van der Waals surface area contributed by atoms with Crippen molar-refractivity contribution in [3.63, 3.8) is 0 Å². The summed E-state index contributed by atoms with van der Waals surface area (Å²) in [5.74, 6) is 0. The molecule has 0 amide bonds. The first-order valence-corrected chi connectivity index (χ1v) is 16.7. The van der Waals surface area contributed by atoms with Crippen LogP contribution < -0.4 is 0 Å². The van der Waals surface area contributed by atoms with Crippen LogP contribution in [0.2, 0.25) is 0 Å². The molecular weight excluding hydrogens is 419 g/mol. The van der Waals surface area contributed by atoms with Crippen LogP contribution in [0.25, 0.3) is 12.2 Å². The van der Waals surface area contributed by atoms with E-state index in [0.717, 1.165) is 7.35 Å². The van der Waals surface area contributed by atoms with Gasteiger partial charge in [0.25, 0.3) is 0 Å². The normalized spacial score (nSPS) is 21.6. The van der Waals surface area contributed by atoms with Crippen molar-refractivity contribution in [3.05, 3.63) is 82.9 Å². The number of rotatable bonds is 2. The summed E-state index contributed by atoms with van der Waals surface area (Å²) in [7, 11) is 0. The van der Waals surface area contributed by atoms with Gasteiger partial charge in [-0.2, -0.15) is 0 Å². The molecule has 4 rings (SSSR count). The molecule has 2 aromatic rings. The molecule has 2 aromatic carbocycles. The quantitative estimate of drug-likeness (QED) is 0.609. The van der Waals surface area contributed by atoms with E-state index in [-0.39, 0.29) is 0 Å². The molecule has 0 saturated carbocycles. The summed E-state index contributed by atoms with van der Waals surface area (Å²) >= 11 is -2.16. The van der Waals surface area contributed by atoms with E-state index in [0.29, 0.717) is 0 Å². The Bertz CT molecular complexity index is 716. The number of fused-ring (bicyclic) bond motifs is 2. The molecule has 0 spiro atoms. The van der Waals surface area contributed by atoms with Gasteiger partial charge in [-0.3, -0.25) is 0 Å². The fraction of sp³-hybridized carbons (Fsp3) is 0.150. The van der Waals surface area contributed by atoms with E-state index in [9.17, 15) is 0 Å². The van der Waals surface area contributed by atoms with Crippen molar-refractivity contribution < 1.29 is 21.0 Å². The Balaban J connectivity index is 1.76. The first kappa shape index (κ1) is 13.3. The molecule has 0 aromatic heterocycles. The molecule has 2 aliphatic carbocycles. The average molecular weight is 439 g/mol. The van der Waals surface area contributed by atoms with Gasteiger partial charge in [-0.05, 0) is 0 Å². The van der Waals surface area contributed by atoms with Gasteiger partial charge in [-0.1, -0.05) is 0 Å². The minimum absolute atomic E-state index is 0.724. The second-order valence-corrected chi connectivity index (χ2v) is 20.6. The van der Waals surface area contributed by atoms with Crippen LogP contribution >= 0.6 is 0 Å². The molecule has 0 N–H and O–H groups in total. The summed E-state index contributed by atoms with van der Waals surface area (Å²) in [5, 5.41) is 0. The van der Waals surface area contributed by atoms with Crippen LogP contribution in [0.5, 0.6) is 0 Å². The van der Waals surface area contributed by atoms with Gasteiger partial charge in [0.2, 0.25) is 0 Å². The fourth-order valence-electron chi connectivity index (χ4n) is 4.25. The van der Waals surface area contributed by atoms with Crippen LogP contribution in [0.4, 0.5) is 0 Å². The van der Waals surface area contributed by atoms with Crippen molar-refractivity contribution in [1.82, 2.24) is 0 Å². The molecule has 0 aliphatic heterocycles. The van der Waals surface area contributed by atoms with E-state index in [2.05, 4.69) is 83.5 Å². The zero-order valence-electron chi connectivity index (χ0n) is 12.4. The molecule has 104 valence electrons. The molecule has 0 saturated heterocycles. The number of benzene rings is 2. The van der Waals surface area contributed by atoms with Crippen LogP contribution in [-0.4, -0.2) is 3.76 Å². The Hall–Kier alpha value is -1.34. The van der Waals surface area contributed by atoms with Gasteiger partial charge in [-0.25, -0.2) is 0 Å². The summed E-state index contributed by atoms with van der Waals surface area (Å²) in [6.45, 7) is 2.31. The van der Waals surface area contributed by atoms with E-state index in [1.165, 1.54) is 11.1 Å². The van der Waals surface area contributed by atoms with Crippen LogP contribution in [0, 0.1) is 0 Å². The van der Waals surface area contributed by atoms with Gasteiger partial charge in [0, 0.05) is 0 Å². The van der Waals surface area contributed by atoms with Crippen LogP contribution in [0.3, 0.4) is 0 Å². The Morgan fingerprint density at radius 3 is 1.71 bits per heavy atom. The van der Waals surface area contributed by atoms with E-state index in [4.69, 9.17) is 0 Å². The Morgan fingerprint density at radius 2 is 1.24 bits per heavy atom. The van der Waals surface area contributed by atoms with E-state index in [1.54, 1.807) is 11.1 Å². The van der Waals surface area contributed by atoms with Crippen molar-refractivity contribution in [2.45, 2.75) is 14.3 Å². The molecule has 0 bridgehead atoms.